The average molecular weight is 555 g/mol. The molecule has 9 nitrogen and oxygen atoms in total. The van der Waals surface area contributed by atoms with Crippen molar-refractivity contribution in [3.05, 3.63) is 82.9 Å². The van der Waals surface area contributed by atoms with E-state index in [1.807, 2.05) is 34.1 Å². The second-order valence-corrected chi connectivity index (χ2v) is 11.2. The predicted molar refractivity (Wildman–Crippen MR) is 151 cm³/mol. The Labute approximate surface area is 236 Å². The number of nitrogens with zero attached hydrogens (tertiary/aromatic N) is 5. The number of carbonyl (C=O) groups is 2. The van der Waals surface area contributed by atoms with Gasteiger partial charge in [0.1, 0.15) is 17.6 Å². The van der Waals surface area contributed by atoms with Crippen LogP contribution in [0.25, 0.3) is 16.9 Å². The van der Waals surface area contributed by atoms with Crippen molar-refractivity contribution < 1.29 is 18.7 Å². The van der Waals surface area contributed by atoms with E-state index < -0.39 is 11.9 Å². The van der Waals surface area contributed by atoms with Crippen molar-refractivity contribution in [2.45, 2.75) is 50.7 Å². The number of halogens is 1. The molecule has 2 aliphatic heterocycles. The van der Waals surface area contributed by atoms with Crippen LogP contribution in [0.15, 0.2) is 54.6 Å². The van der Waals surface area contributed by atoms with E-state index in [0.717, 1.165) is 25.0 Å². The molecule has 1 saturated heterocycles. The van der Waals surface area contributed by atoms with Gasteiger partial charge in [-0.25, -0.2) is 18.7 Å². The van der Waals surface area contributed by atoms with E-state index in [0.29, 0.717) is 60.3 Å². The van der Waals surface area contributed by atoms with Gasteiger partial charge in [0.2, 0.25) is 0 Å². The molecule has 0 bridgehead atoms. The molecule has 7 rings (SSSR count). The monoisotopic (exact) mass is 554 g/mol. The molecular formula is C31H31FN6O3. The Bertz CT molecular complexity index is 1680. The summed E-state index contributed by atoms with van der Waals surface area (Å²) in [5.74, 6) is -0.202. The number of anilines is 1. The predicted octanol–water partition coefficient (Wildman–Crippen LogP) is 4.85. The van der Waals surface area contributed by atoms with E-state index in [-0.39, 0.29) is 18.1 Å². The molecule has 3 aliphatic rings. The maximum Gasteiger partial charge on any atom is 0.404 e. The van der Waals surface area contributed by atoms with Gasteiger partial charge in [0.15, 0.2) is 5.65 Å². The number of amides is 2. The van der Waals surface area contributed by atoms with Crippen LogP contribution in [0.5, 0.6) is 0 Å². The van der Waals surface area contributed by atoms with Crippen LogP contribution in [0.2, 0.25) is 0 Å². The highest BCUT2D eigenvalue weighted by Gasteiger charge is 2.33. The largest absolute Gasteiger partial charge is 0.444 e. The number of primary amides is 1. The van der Waals surface area contributed by atoms with Gasteiger partial charge in [0, 0.05) is 48.4 Å². The SMILES string of the molecule is C[C@@H]1c2ccccc2CCN1C(=O)c1cc(C2CC2)n2nc(-c3ccc(N4CCC(OC(N)=O)C4)cc3F)cc2n1. The fourth-order valence-corrected chi connectivity index (χ4v) is 6.24. The van der Waals surface area contributed by atoms with Crippen molar-refractivity contribution in [3.63, 3.8) is 0 Å². The number of fused-ring (bicyclic) bond motifs is 2. The Morgan fingerprint density at radius 2 is 1.88 bits per heavy atom. The molecule has 10 heteroatoms. The van der Waals surface area contributed by atoms with E-state index in [4.69, 9.17) is 20.6 Å². The minimum absolute atomic E-state index is 0.0452. The molecule has 210 valence electrons. The van der Waals surface area contributed by atoms with Gasteiger partial charge < -0.3 is 20.3 Å². The van der Waals surface area contributed by atoms with E-state index in [1.54, 1.807) is 16.6 Å². The van der Waals surface area contributed by atoms with Crippen molar-refractivity contribution in [1.82, 2.24) is 19.5 Å². The molecular weight excluding hydrogens is 523 g/mol. The van der Waals surface area contributed by atoms with Gasteiger partial charge in [0.05, 0.1) is 18.3 Å². The summed E-state index contributed by atoms with van der Waals surface area (Å²) in [6.07, 6.45) is 2.39. The van der Waals surface area contributed by atoms with Gasteiger partial charge in [-0.1, -0.05) is 24.3 Å². The van der Waals surface area contributed by atoms with Crippen LogP contribution in [-0.2, 0) is 11.2 Å². The zero-order valence-electron chi connectivity index (χ0n) is 22.8. The summed E-state index contributed by atoms with van der Waals surface area (Å²) in [4.78, 5) is 33.4. The molecule has 1 saturated carbocycles. The minimum atomic E-state index is -0.801. The van der Waals surface area contributed by atoms with E-state index >= 15 is 4.39 Å². The smallest absolute Gasteiger partial charge is 0.404 e. The normalized spacial score (nSPS) is 20.3. The summed E-state index contributed by atoms with van der Waals surface area (Å²) in [5.41, 5.74) is 11.0. The first-order valence-electron chi connectivity index (χ1n) is 14.2. The fraction of sp³-hybridized carbons (Fsp3) is 0.355. The van der Waals surface area contributed by atoms with Crippen molar-refractivity contribution in [1.29, 1.82) is 0 Å². The van der Waals surface area contributed by atoms with Gasteiger partial charge in [0.25, 0.3) is 5.91 Å². The summed E-state index contributed by atoms with van der Waals surface area (Å²) >= 11 is 0. The number of hydrogen-bond acceptors (Lipinski definition) is 6. The number of benzene rings is 2. The molecule has 2 fully saturated rings. The van der Waals surface area contributed by atoms with Gasteiger partial charge >= 0.3 is 6.09 Å². The lowest BCUT2D eigenvalue weighted by molar-refractivity contribution is 0.0671. The molecule has 0 spiro atoms. The molecule has 4 heterocycles. The highest BCUT2D eigenvalue weighted by Crippen LogP contribution is 2.41. The third-order valence-electron chi connectivity index (χ3n) is 8.55. The maximum absolute atomic E-state index is 15.4. The number of rotatable bonds is 5. The highest BCUT2D eigenvalue weighted by atomic mass is 19.1. The molecule has 2 N–H and O–H groups in total. The molecule has 0 radical (unpaired) electrons. The van der Waals surface area contributed by atoms with Crippen molar-refractivity contribution >= 4 is 23.3 Å². The molecule has 2 aromatic heterocycles. The van der Waals surface area contributed by atoms with Crippen LogP contribution < -0.4 is 10.6 Å². The van der Waals surface area contributed by atoms with Crippen molar-refractivity contribution in [3.8, 4) is 11.3 Å². The Hall–Kier alpha value is -4.47. The first-order chi connectivity index (χ1) is 19.9. The summed E-state index contributed by atoms with van der Waals surface area (Å²) in [7, 11) is 0. The summed E-state index contributed by atoms with van der Waals surface area (Å²) in [6, 6.07) is 16.9. The Morgan fingerprint density at radius 3 is 2.66 bits per heavy atom. The van der Waals surface area contributed by atoms with Gasteiger partial charge in [-0.05, 0) is 61.6 Å². The third-order valence-corrected chi connectivity index (χ3v) is 8.55. The summed E-state index contributed by atoms with van der Waals surface area (Å²) in [5, 5.41) is 4.74. The summed E-state index contributed by atoms with van der Waals surface area (Å²) in [6.45, 7) is 3.80. The topological polar surface area (TPSA) is 106 Å². The Kier molecular flexibility index (Phi) is 6.13. The van der Waals surface area contributed by atoms with Crippen LogP contribution in [0.3, 0.4) is 0 Å². The molecule has 4 aromatic rings. The van der Waals surface area contributed by atoms with Crippen LogP contribution in [0.4, 0.5) is 14.9 Å². The maximum atomic E-state index is 15.4. The van der Waals surface area contributed by atoms with Crippen LogP contribution in [0, 0.1) is 5.82 Å². The summed E-state index contributed by atoms with van der Waals surface area (Å²) < 4.78 is 22.3. The molecule has 2 aromatic carbocycles. The quantitative estimate of drug-likeness (QED) is 0.378. The second kappa shape index (κ2) is 9.87. The lowest BCUT2D eigenvalue weighted by atomic mass is 9.93. The van der Waals surface area contributed by atoms with Crippen molar-refractivity contribution in [2.24, 2.45) is 5.73 Å². The number of nitrogens with two attached hydrogens (primary N) is 1. The Balaban J connectivity index is 1.18. The zero-order valence-corrected chi connectivity index (χ0v) is 22.8. The molecule has 2 atom stereocenters. The first-order valence-corrected chi connectivity index (χ1v) is 14.2. The second-order valence-electron chi connectivity index (χ2n) is 11.2. The van der Waals surface area contributed by atoms with E-state index in [2.05, 4.69) is 19.1 Å². The highest BCUT2D eigenvalue weighted by molar-refractivity contribution is 5.93. The van der Waals surface area contributed by atoms with Crippen LogP contribution in [0.1, 0.15) is 65.5 Å². The number of carbonyl (C=O) groups excluding carboxylic acids is 2. The molecule has 1 unspecified atom stereocenters. The van der Waals surface area contributed by atoms with Gasteiger partial charge in [-0.2, -0.15) is 5.10 Å². The Morgan fingerprint density at radius 1 is 1.05 bits per heavy atom. The number of hydrogen-bond donors (Lipinski definition) is 1. The average Bonchev–Trinajstić information content (AvgIpc) is 3.55. The van der Waals surface area contributed by atoms with Crippen LogP contribution >= 0.6 is 0 Å². The van der Waals surface area contributed by atoms with E-state index in [9.17, 15) is 9.59 Å². The van der Waals surface area contributed by atoms with Crippen LogP contribution in [-0.4, -0.2) is 57.2 Å². The minimum Gasteiger partial charge on any atom is -0.444 e. The standard InChI is InChI=1S/C31H31FN6O3/c1-18-23-5-3-2-4-19(23)10-13-37(18)30(39)27-15-28(20-6-7-20)38-29(34-27)16-26(35-38)24-9-8-21(14-25(24)32)36-12-11-22(17-36)41-31(33)40/h2-5,8-9,14-16,18,20,22H,6-7,10-13,17H2,1H3,(H2,33,40)/t18-,22?/m1/s1. The molecule has 41 heavy (non-hydrogen) atoms. The lowest BCUT2D eigenvalue weighted by Gasteiger charge is -2.35. The zero-order chi connectivity index (χ0) is 28.2. The van der Waals surface area contributed by atoms with Gasteiger partial charge in [-0.3, -0.25) is 4.79 Å². The lowest BCUT2D eigenvalue weighted by Crippen LogP contribution is -2.39. The third kappa shape index (κ3) is 4.67. The molecule has 2 amide bonds. The van der Waals surface area contributed by atoms with E-state index in [1.165, 1.54) is 17.2 Å². The number of aromatic nitrogens is 3. The fourth-order valence-electron chi connectivity index (χ4n) is 6.24. The first kappa shape index (κ1) is 25.5. The van der Waals surface area contributed by atoms with Crippen molar-refractivity contribution in [2.75, 3.05) is 24.5 Å². The molecule has 1 aliphatic carbocycles. The number of ether oxygens (including phenoxy) is 1. The van der Waals surface area contributed by atoms with Gasteiger partial charge in [-0.15, -0.1) is 0 Å².